The molecule has 102 valence electrons. The van der Waals surface area contributed by atoms with Crippen molar-refractivity contribution >= 4 is 11.1 Å². The van der Waals surface area contributed by atoms with Crippen LogP contribution in [0.4, 0.5) is 0 Å². The lowest BCUT2D eigenvalue weighted by Crippen LogP contribution is -2.10. The summed E-state index contributed by atoms with van der Waals surface area (Å²) in [4.78, 5) is 4.61. The maximum Gasteiger partial charge on any atom is 0.227 e. The van der Waals surface area contributed by atoms with Gasteiger partial charge < -0.3 is 9.73 Å². The topological polar surface area (TPSA) is 38.1 Å². The Balaban J connectivity index is 2.06. The van der Waals surface area contributed by atoms with Gasteiger partial charge in [0.2, 0.25) is 5.89 Å². The number of likely N-dealkylation sites (N-methyl/N-ethyl adjacent to an activating group) is 1. The van der Waals surface area contributed by atoms with Crippen molar-refractivity contribution in [2.45, 2.75) is 13.3 Å². The zero-order valence-corrected chi connectivity index (χ0v) is 11.8. The van der Waals surface area contributed by atoms with E-state index in [4.69, 9.17) is 4.42 Å². The van der Waals surface area contributed by atoms with E-state index in [1.165, 1.54) is 11.1 Å². The Morgan fingerprint density at radius 3 is 2.85 bits per heavy atom. The van der Waals surface area contributed by atoms with Crippen LogP contribution >= 0.6 is 0 Å². The lowest BCUT2D eigenvalue weighted by atomic mass is 10.0. The van der Waals surface area contributed by atoms with Crippen LogP contribution in [0.2, 0.25) is 0 Å². The summed E-state index contributed by atoms with van der Waals surface area (Å²) in [5, 5.41) is 3.18. The Morgan fingerprint density at radius 2 is 2.00 bits per heavy atom. The predicted octanol–water partition coefficient (Wildman–Crippen LogP) is 3.57. The van der Waals surface area contributed by atoms with E-state index < -0.39 is 0 Å². The second kappa shape index (κ2) is 5.47. The Bertz CT molecular complexity index is 731. The summed E-state index contributed by atoms with van der Waals surface area (Å²) in [7, 11) is 1.96. The van der Waals surface area contributed by atoms with E-state index in [1.807, 2.05) is 25.2 Å². The van der Waals surface area contributed by atoms with Crippen molar-refractivity contribution in [2.24, 2.45) is 0 Å². The number of nitrogens with zero attached hydrogens (tertiary/aromatic N) is 1. The predicted molar refractivity (Wildman–Crippen MR) is 81.8 cm³/mol. The number of aromatic nitrogens is 1. The molecule has 1 aromatic heterocycles. The first-order valence-corrected chi connectivity index (χ1v) is 6.88. The molecule has 0 aliphatic carbocycles. The molecule has 0 atom stereocenters. The summed E-state index contributed by atoms with van der Waals surface area (Å²) in [6.45, 7) is 3.00. The third kappa shape index (κ3) is 2.45. The minimum absolute atomic E-state index is 0.706. The number of fused-ring (bicyclic) bond motifs is 1. The quantitative estimate of drug-likeness (QED) is 0.784. The van der Waals surface area contributed by atoms with E-state index in [9.17, 15) is 0 Å². The van der Waals surface area contributed by atoms with Gasteiger partial charge in [0, 0.05) is 5.56 Å². The molecule has 1 heterocycles. The van der Waals surface area contributed by atoms with Gasteiger partial charge in [-0.15, -0.1) is 0 Å². The van der Waals surface area contributed by atoms with Gasteiger partial charge in [-0.05, 0) is 56.3 Å². The number of oxazole rings is 1. The van der Waals surface area contributed by atoms with Gasteiger partial charge in [0.15, 0.2) is 5.58 Å². The molecule has 0 saturated carbocycles. The number of rotatable bonds is 4. The molecule has 3 aromatic rings. The summed E-state index contributed by atoms with van der Waals surface area (Å²) in [6, 6.07) is 14.4. The second-order valence-corrected chi connectivity index (χ2v) is 5.00. The van der Waals surface area contributed by atoms with Gasteiger partial charge in [-0.3, -0.25) is 0 Å². The van der Waals surface area contributed by atoms with E-state index in [1.54, 1.807) is 0 Å². The fraction of sp³-hybridized carbons (Fsp3) is 0.235. The van der Waals surface area contributed by atoms with Crippen LogP contribution in [0, 0.1) is 6.92 Å². The van der Waals surface area contributed by atoms with Crippen molar-refractivity contribution in [1.29, 1.82) is 0 Å². The lowest BCUT2D eigenvalue weighted by Gasteiger charge is -2.05. The molecule has 20 heavy (non-hydrogen) atoms. The van der Waals surface area contributed by atoms with E-state index in [2.05, 4.69) is 41.5 Å². The summed E-state index contributed by atoms with van der Waals surface area (Å²) in [5.41, 5.74) is 5.28. The zero-order chi connectivity index (χ0) is 13.9. The molecular weight excluding hydrogens is 248 g/mol. The van der Waals surface area contributed by atoms with Crippen LogP contribution in [-0.4, -0.2) is 18.6 Å². The van der Waals surface area contributed by atoms with Gasteiger partial charge in [0.05, 0.1) is 0 Å². The number of hydrogen-bond donors (Lipinski definition) is 1. The van der Waals surface area contributed by atoms with Crippen molar-refractivity contribution in [3.63, 3.8) is 0 Å². The molecule has 0 unspecified atom stereocenters. The molecule has 0 amide bonds. The van der Waals surface area contributed by atoms with Crippen LogP contribution in [0.5, 0.6) is 0 Å². The number of nitrogens with one attached hydrogen (secondary N) is 1. The van der Waals surface area contributed by atoms with Crippen LogP contribution in [0.1, 0.15) is 11.1 Å². The molecule has 0 bridgehead atoms. The lowest BCUT2D eigenvalue weighted by molar-refractivity contribution is 0.618. The van der Waals surface area contributed by atoms with Crippen molar-refractivity contribution in [2.75, 3.05) is 13.6 Å². The Kier molecular flexibility index (Phi) is 3.52. The zero-order valence-electron chi connectivity index (χ0n) is 11.8. The standard InChI is InChI=1S/C17H18N2O/c1-12-7-8-15-16(11-12)20-17(19-15)14-6-4-3-5-13(14)9-10-18-2/h3-8,11,18H,9-10H2,1-2H3. The SMILES string of the molecule is CNCCc1ccccc1-c1nc2ccc(C)cc2o1. The van der Waals surface area contributed by atoms with Crippen molar-refractivity contribution in [3.05, 3.63) is 53.6 Å². The monoisotopic (exact) mass is 266 g/mol. The minimum Gasteiger partial charge on any atom is -0.436 e. The highest BCUT2D eigenvalue weighted by atomic mass is 16.3. The first kappa shape index (κ1) is 12.9. The largest absolute Gasteiger partial charge is 0.436 e. The van der Waals surface area contributed by atoms with E-state index in [0.29, 0.717) is 5.89 Å². The van der Waals surface area contributed by atoms with Gasteiger partial charge in [-0.1, -0.05) is 24.3 Å². The molecule has 0 saturated heterocycles. The average molecular weight is 266 g/mol. The van der Waals surface area contributed by atoms with Crippen LogP contribution in [0.25, 0.3) is 22.6 Å². The van der Waals surface area contributed by atoms with Crippen LogP contribution in [-0.2, 0) is 6.42 Å². The minimum atomic E-state index is 0.706. The van der Waals surface area contributed by atoms with E-state index >= 15 is 0 Å². The van der Waals surface area contributed by atoms with Gasteiger partial charge in [-0.2, -0.15) is 0 Å². The maximum atomic E-state index is 5.92. The summed E-state index contributed by atoms with van der Waals surface area (Å²) in [5.74, 6) is 0.706. The molecule has 0 aliphatic heterocycles. The smallest absolute Gasteiger partial charge is 0.227 e. The van der Waals surface area contributed by atoms with Crippen LogP contribution in [0.15, 0.2) is 46.9 Å². The van der Waals surface area contributed by atoms with E-state index in [0.717, 1.165) is 29.6 Å². The molecule has 1 N–H and O–H groups in total. The van der Waals surface area contributed by atoms with Crippen LogP contribution in [0.3, 0.4) is 0 Å². The van der Waals surface area contributed by atoms with Crippen molar-refractivity contribution in [1.82, 2.24) is 10.3 Å². The summed E-state index contributed by atoms with van der Waals surface area (Å²) >= 11 is 0. The second-order valence-electron chi connectivity index (χ2n) is 5.00. The molecule has 3 heteroatoms. The number of aryl methyl sites for hydroxylation is 1. The summed E-state index contributed by atoms with van der Waals surface area (Å²) in [6.07, 6.45) is 0.963. The Morgan fingerprint density at radius 1 is 1.15 bits per heavy atom. The van der Waals surface area contributed by atoms with Crippen LogP contribution < -0.4 is 5.32 Å². The fourth-order valence-electron chi connectivity index (χ4n) is 2.35. The van der Waals surface area contributed by atoms with Gasteiger partial charge in [0.25, 0.3) is 0 Å². The molecule has 0 spiro atoms. The Labute approximate surface area is 118 Å². The fourth-order valence-corrected chi connectivity index (χ4v) is 2.35. The first-order valence-electron chi connectivity index (χ1n) is 6.88. The van der Waals surface area contributed by atoms with Crippen molar-refractivity contribution in [3.8, 4) is 11.5 Å². The third-order valence-electron chi connectivity index (χ3n) is 3.44. The number of benzene rings is 2. The summed E-state index contributed by atoms with van der Waals surface area (Å²) < 4.78 is 5.92. The highest BCUT2D eigenvalue weighted by molar-refractivity contribution is 5.77. The molecule has 3 nitrogen and oxygen atoms in total. The van der Waals surface area contributed by atoms with Crippen molar-refractivity contribution < 1.29 is 4.42 Å². The molecule has 0 aliphatic rings. The van der Waals surface area contributed by atoms with Gasteiger partial charge in [0.1, 0.15) is 5.52 Å². The first-order chi connectivity index (χ1) is 9.78. The highest BCUT2D eigenvalue weighted by Gasteiger charge is 2.11. The third-order valence-corrected chi connectivity index (χ3v) is 3.44. The normalized spacial score (nSPS) is 11.1. The highest BCUT2D eigenvalue weighted by Crippen LogP contribution is 2.27. The number of hydrogen-bond acceptors (Lipinski definition) is 3. The van der Waals surface area contributed by atoms with Gasteiger partial charge >= 0.3 is 0 Å². The maximum absolute atomic E-state index is 5.92. The Hall–Kier alpha value is -2.13. The van der Waals surface area contributed by atoms with Gasteiger partial charge in [-0.25, -0.2) is 4.98 Å². The molecular formula is C17H18N2O. The molecule has 3 rings (SSSR count). The molecule has 0 radical (unpaired) electrons. The van der Waals surface area contributed by atoms with E-state index in [-0.39, 0.29) is 0 Å². The molecule has 0 fully saturated rings. The molecule has 2 aromatic carbocycles. The average Bonchev–Trinajstić information content (AvgIpc) is 2.88.